The van der Waals surface area contributed by atoms with E-state index in [1.54, 1.807) is 30.4 Å². The summed E-state index contributed by atoms with van der Waals surface area (Å²) in [5.74, 6) is 1.82. The standard InChI is InChI=1S/C24H30Cl2N2O3S2/c1-2-31-24(30)22(15-17-6-4-3-5-7-17)28-23(29)21(27)14-18-12-19(32-10-8-25)16-20(13-18)33-11-9-26/h3-7,12-13,16,21-22H,2,8-11,14-15,27H2,1H3,(H,28,29)/t21-,22-/m0/s1. The van der Waals surface area contributed by atoms with Crippen LogP contribution in [0.2, 0.25) is 0 Å². The number of alkyl halides is 2. The summed E-state index contributed by atoms with van der Waals surface area (Å²) in [6.45, 7) is 1.97. The van der Waals surface area contributed by atoms with Crippen molar-refractivity contribution in [1.82, 2.24) is 5.32 Å². The van der Waals surface area contributed by atoms with E-state index in [1.807, 2.05) is 42.5 Å². The predicted octanol–water partition coefficient (Wildman–Crippen LogP) is 4.51. The van der Waals surface area contributed by atoms with E-state index in [0.29, 0.717) is 24.6 Å². The van der Waals surface area contributed by atoms with Gasteiger partial charge < -0.3 is 15.8 Å². The monoisotopic (exact) mass is 528 g/mol. The van der Waals surface area contributed by atoms with Crippen LogP contribution < -0.4 is 11.1 Å². The molecule has 33 heavy (non-hydrogen) atoms. The highest BCUT2D eigenvalue weighted by Gasteiger charge is 2.25. The molecule has 0 aliphatic heterocycles. The molecule has 0 spiro atoms. The first-order chi connectivity index (χ1) is 16.0. The molecule has 0 aromatic heterocycles. The third-order valence-electron chi connectivity index (χ3n) is 4.59. The van der Waals surface area contributed by atoms with Crippen LogP contribution in [0.25, 0.3) is 0 Å². The lowest BCUT2D eigenvalue weighted by Crippen LogP contribution is -2.50. The van der Waals surface area contributed by atoms with Crippen LogP contribution in [0, 0.1) is 0 Å². The molecule has 0 aliphatic rings. The van der Waals surface area contributed by atoms with Crippen molar-refractivity contribution in [3.8, 4) is 0 Å². The van der Waals surface area contributed by atoms with Crippen LogP contribution in [-0.4, -0.2) is 53.8 Å². The van der Waals surface area contributed by atoms with Crippen molar-refractivity contribution >= 4 is 58.6 Å². The topological polar surface area (TPSA) is 81.4 Å². The van der Waals surface area contributed by atoms with Gasteiger partial charge in [-0.25, -0.2) is 4.79 Å². The largest absolute Gasteiger partial charge is 0.464 e. The summed E-state index contributed by atoms with van der Waals surface area (Å²) < 4.78 is 5.16. The van der Waals surface area contributed by atoms with Gasteiger partial charge in [-0.1, -0.05) is 30.3 Å². The third kappa shape index (κ3) is 10.2. The van der Waals surface area contributed by atoms with E-state index in [9.17, 15) is 9.59 Å². The van der Waals surface area contributed by atoms with Crippen LogP contribution in [0.3, 0.4) is 0 Å². The van der Waals surface area contributed by atoms with Gasteiger partial charge in [0.1, 0.15) is 6.04 Å². The van der Waals surface area contributed by atoms with Crippen molar-refractivity contribution in [1.29, 1.82) is 0 Å². The first-order valence-corrected chi connectivity index (χ1v) is 13.8. The molecule has 0 saturated carbocycles. The van der Waals surface area contributed by atoms with Crippen LogP contribution >= 0.6 is 46.7 Å². The van der Waals surface area contributed by atoms with E-state index in [4.69, 9.17) is 33.7 Å². The minimum atomic E-state index is -0.808. The Kier molecular flexibility index (Phi) is 13.1. The van der Waals surface area contributed by atoms with Crippen molar-refractivity contribution in [3.63, 3.8) is 0 Å². The summed E-state index contributed by atoms with van der Waals surface area (Å²) in [5.41, 5.74) is 8.12. The van der Waals surface area contributed by atoms with Gasteiger partial charge >= 0.3 is 5.97 Å². The highest BCUT2D eigenvalue weighted by atomic mass is 35.5. The first kappa shape index (κ1) is 27.9. The van der Waals surface area contributed by atoms with Gasteiger partial charge in [0.15, 0.2) is 0 Å². The van der Waals surface area contributed by atoms with Crippen LogP contribution in [0.5, 0.6) is 0 Å². The molecule has 9 heteroatoms. The molecular formula is C24H30Cl2N2O3S2. The number of carbonyl (C=O) groups is 2. The van der Waals surface area contributed by atoms with Crippen molar-refractivity contribution in [2.45, 2.75) is 41.6 Å². The molecule has 2 atom stereocenters. The second-order valence-corrected chi connectivity index (χ2v) is 10.3. The Balaban J connectivity index is 2.10. The number of esters is 1. The molecule has 180 valence electrons. The molecule has 5 nitrogen and oxygen atoms in total. The number of nitrogens with one attached hydrogen (secondary N) is 1. The first-order valence-electron chi connectivity index (χ1n) is 10.7. The molecule has 2 rings (SSSR count). The Morgan fingerprint density at radius 1 is 0.970 bits per heavy atom. The summed E-state index contributed by atoms with van der Waals surface area (Å²) in [5, 5.41) is 2.78. The molecule has 0 heterocycles. The maximum Gasteiger partial charge on any atom is 0.328 e. The fourth-order valence-corrected chi connectivity index (χ4v) is 5.19. The molecule has 0 saturated heterocycles. The zero-order valence-electron chi connectivity index (χ0n) is 18.6. The number of hydrogen-bond acceptors (Lipinski definition) is 6. The normalized spacial score (nSPS) is 12.7. The fourth-order valence-electron chi connectivity index (χ4n) is 3.14. The van der Waals surface area contributed by atoms with Crippen molar-refractivity contribution in [2.24, 2.45) is 5.73 Å². The van der Waals surface area contributed by atoms with E-state index in [-0.39, 0.29) is 6.61 Å². The maximum absolute atomic E-state index is 12.9. The molecule has 0 aliphatic carbocycles. The number of nitrogens with two attached hydrogens (primary N) is 1. The summed E-state index contributed by atoms with van der Waals surface area (Å²) in [7, 11) is 0. The number of ether oxygens (including phenoxy) is 1. The van der Waals surface area contributed by atoms with Crippen molar-refractivity contribution in [3.05, 3.63) is 59.7 Å². The number of hydrogen-bond donors (Lipinski definition) is 2. The summed E-state index contributed by atoms with van der Waals surface area (Å²) >= 11 is 15.0. The Hall–Kier alpha value is -1.38. The molecule has 1 amide bonds. The summed E-state index contributed by atoms with van der Waals surface area (Å²) in [4.78, 5) is 27.5. The van der Waals surface area contributed by atoms with Crippen LogP contribution in [0.15, 0.2) is 58.3 Å². The minimum Gasteiger partial charge on any atom is -0.464 e. The molecule has 2 aromatic rings. The highest BCUT2D eigenvalue weighted by molar-refractivity contribution is 8.00. The SMILES string of the molecule is CCOC(=O)[C@H](Cc1ccccc1)NC(=O)[C@@H](N)Cc1cc(SCCCl)cc(SCCCl)c1. The van der Waals surface area contributed by atoms with Gasteiger partial charge in [-0.2, -0.15) is 0 Å². The predicted molar refractivity (Wildman–Crippen MR) is 140 cm³/mol. The van der Waals surface area contributed by atoms with E-state index < -0.39 is 24.0 Å². The molecule has 0 fully saturated rings. The van der Waals surface area contributed by atoms with Gasteiger partial charge in [0.25, 0.3) is 0 Å². The van der Waals surface area contributed by atoms with Gasteiger partial charge in [0.2, 0.25) is 5.91 Å². The van der Waals surface area contributed by atoms with Crippen molar-refractivity contribution < 1.29 is 14.3 Å². The molecular weight excluding hydrogens is 499 g/mol. The summed E-state index contributed by atoms with van der Waals surface area (Å²) in [6, 6.07) is 14.0. The van der Waals surface area contributed by atoms with E-state index in [0.717, 1.165) is 32.4 Å². The molecule has 0 unspecified atom stereocenters. The fraction of sp³-hybridized carbons (Fsp3) is 0.417. The van der Waals surface area contributed by atoms with Crippen molar-refractivity contribution in [2.75, 3.05) is 29.9 Å². The van der Waals surface area contributed by atoms with Gasteiger partial charge in [-0.15, -0.1) is 46.7 Å². The zero-order valence-corrected chi connectivity index (χ0v) is 21.7. The second-order valence-electron chi connectivity index (χ2n) is 7.20. The minimum absolute atomic E-state index is 0.238. The quantitative estimate of drug-likeness (QED) is 0.213. The van der Waals surface area contributed by atoms with Gasteiger partial charge in [-0.3, -0.25) is 4.79 Å². The average molecular weight is 530 g/mol. The third-order valence-corrected chi connectivity index (χ3v) is 7.37. The van der Waals surface area contributed by atoms with Crippen LogP contribution in [0.4, 0.5) is 0 Å². The van der Waals surface area contributed by atoms with E-state index in [2.05, 4.69) is 11.4 Å². The lowest BCUT2D eigenvalue weighted by Gasteiger charge is -2.20. The van der Waals surface area contributed by atoms with Gasteiger partial charge in [0.05, 0.1) is 12.6 Å². The lowest BCUT2D eigenvalue weighted by molar-refractivity contribution is -0.147. The van der Waals surface area contributed by atoms with Gasteiger partial charge in [0, 0.05) is 39.5 Å². The smallest absolute Gasteiger partial charge is 0.328 e. The van der Waals surface area contributed by atoms with Gasteiger partial charge in [-0.05, 0) is 42.7 Å². The van der Waals surface area contributed by atoms with Crippen LogP contribution in [-0.2, 0) is 27.2 Å². The number of rotatable bonds is 14. The molecule has 2 aromatic carbocycles. The van der Waals surface area contributed by atoms with E-state index >= 15 is 0 Å². The zero-order chi connectivity index (χ0) is 24.1. The Labute approximate surface area is 214 Å². The second kappa shape index (κ2) is 15.5. The molecule has 3 N–H and O–H groups in total. The van der Waals surface area contributed by atoms with Crippen LogP contribution in [0.1, 0.15) is 18.1 Å². The number of amides is 1. The molecule has 0 radical (unpaired) electrons. The number of benzene rings is 2. The lowest BCUT2D eigenvalue weighted by atomic mass is 10.0. The molecule has 0 bridgehead atoms. The van der Waals surface area contributed by atoms with E-state index in [1.165, 1.54) is 0 Å². The number of thioether (sulfide) groups is 2. The highest BCUT2D eigenvalue weighted by Crippen LogP contribution is 2.28. The Bertz CT molecular complexity index is 861. The Morgan fingerprint density at radius 3 is 2.12 bits per heavy atom. The average Bonchev–Trinajstić information content (AvgIpc) is 2.81. The number of halogens is 2. The Morgan fingerprint density at radius 2 is 1.58 bits per heavy atom. The summed E-state index contributed by atoms with van der Waals surface area (Å²) in [6.07, 6.45) is 0.679. The number of carbonyl (C=O) groups excluding carboxylic acids is 2. The maximum atomic E-state index is 12.9.